The first-order chi connectivity index (χ1) is 26.7. The van der Waals surface area contributed by atoms with Crippen LogP contribution in [-0.4, -0.2) is 87.4 Å². The van der Waals surface area contributed by atoms with Crippen LogP contribution in [0.4, 0.5) is 0 Å². The highest BCUT2D eigenvalue weighted by atomic mass is 16.4. The molecular formula is C43H54N6O6. The zero-order chi connectivity index (χ0) is 38.3. The molecule has 1 aromatic heterocycles. The van der Waals surface area contributed by atoms with E-state index in [9.17, 15) is 29.7 Å². The molecule has 3 aliphatic heterocycles. The van der Waals surface area contributed by atoms with Gasteiger partial charge in [-0.15, -0.1) is 0 Å². The second-order valence-corrected chi connectivity index (χ2v) is 16.0. The molecule has 3 aliphatic rings. The number of nitrogens with one attached hydrogen (secondary N) is 4. The summed E-state index contributed by atoms with van der Waals surface area (Å²) in [6.07, 6.45) is 4.01. The van der Waals surface area contributed by atoms with E-state index >= 15 is 0 Å². The summed E-state index contributed by atoms with van der Waals surface area (Å²) in [5, 5.41) is 40.1. The topological polar surface area (TPSA) is 180 Å². The van der Waals surface area contributed by atoms with Gasteiger partial charge in [0.2, 0.25) is 0 Å². The van der Waals surface area contributed by atoms with Crippen LogP contribution >= 0.6 is 0 Å². The lowest BCUT2D eigenvalue weighted by molar-refractivity contribution is -0.144. The number of carboxylic acid groups (broad SMARTS) is 3. The van der Waals surface area contributed by atoms with E-state index in [0.717, 1.165) is 103 Å². The third-order valence-corrected chi connectivity index (χ3v) is 12.1. The fourth-order valence-corrected chi connectivity index (χ4v) is 9.10. The van der Waals surface area contributed by atoms with Crippen molar-refractivity contribution in [1.82, 2.24) is 30.8 Å². The quantitative estimate of drug-likeness (QED) is 0.0770. The molecule has 0 saturated carbocycles. The average molecular weight is 751 g/mol. The Labute approximate surface area is 322 Å². The van der Waals surface area contributed by atoms with Gasteiger partial charge in [-0.25, -0.2) is 4.98 Å². The lowest BCUT2D eigenvalue weighted by Gasteiger charge is -2.23. The summed E-state index contributed by atoms with van der Waals surface area (Å²) in [6, 6.07) is 22.4. The number of aliphatic carboxylic acids is 3. The maximum atomic E-state index is 12.3. The smallest absolute Gasteiger partial charge is 0.307 e. The van der Waals surface area contributed by atoms with Crippen molar-refractivity contribution in [3.63, 3.8) is 0 Å². The van der Waals surface area contributed by atoms with Crippen LogP contribution in [0.25, 0.3) is 11.0 Å². The highest BCUT2D eigenvalue weighted by Gasteiger charge is 2.33. The Kier molecular flexibility index (Phi) is 12.6. The van der Waals surface area contributed by atoms with Crippen LogP contribution in [0.5, 0.6) is 0 Å². The van der Waals surface area contributed by atoms with E-state index < -0.39 is 35.7 Å². The molecule has 7 rings (SSSR count). The number of hydrogen-bond acceptors (Lipinski definition) is 8. The highest BCUT2D eigenvalue weighted by Crippen LogP contribution is 2.28. The number of carboxylic acids is 3. The maximum absolute atomic E-state index is 12.3. The van der Waals surface area contributed by atoms with Crippen LogP contribution in [0.1, 0.15) is 52.9 Å². The Morgan fingerprint density at radius 1 is 0.600 bits per heavy atom. The fraction of sp³-hybridized carbons (Fsp3) is 0.488. The molecule has 3 saturated heterocycles. The van der Waals surface area contributed by atoms with E-state index in [0.29, 0.717) is 38.9 Å². The third kappa shape index (κ3) is 9.98. The van der Waals surface area contributed by atoms with Gasteiger partial charge in [-0.3, -0.25) is 19.3 Å². The van der Waals surface area contributed by atoms with Crippen molar-refractivity contribution < 1.29 is 29.7 Å². The zero-order valence-electron chi connectivity index (χ0n) is 31.4. The molecule has 0 radical (unpaired) electrons. The Hall–Kier alpha value is -4.62. The van der Waals surface area contributed by atoms with Gasteiger partial charge >= 0.3 is 17.9 Å². The molecule has 0 bridgehead atoms. The lowest BCUT2D eigenvalue weighted by Crippen LogP contribution is -2.28. The first-order valence-corrected chi connectivity index (χ1v) is 19.8. The summed E-state index contributed by atoms with van der Waals surface area (Å²) in [5.41, 5.74) is 6.79. The summed E-state index contributed by atoms with van der Waals surface area (Å²) < 4.78 is 0. The largest absolute Gasteiger partial charge is 0.481 e. The van der Waals surface area contributed by atoms with Gasteiger partial charge in [-0.05, 0) is 135 Å². The maximum Gasteiger partial charge on any atom is 0.307 e. The van der Waals surface area contributed by atoms with Gasteiger partial charge in [0.05, 0.1) is 35.3 Å². The number of fused-ring (bicyclic) bond motifs is 1. The molecule has 0 spiro atoms. The van der Waals surface area contributed by atoms with Gasteiger partial charge in [0, 0.05) is 13.1 Å². The van der Waals surface area contributed by atoms with Crippen molar-refractivity contribution in [3.8, 4) is 0 Å². The molecule has 292 valence electrons. The molecule has 6 unspecified atom stereocenters. The van der Waals surface area contributed by atoms with Gasteiger partial charge < -0.3 is 36.3 Å². The number of imidazole rings is 1. The number of carbonyl (C=O) groups is 3. The molecule has 3 aromatic carbocycles. The van der Waals surface area contributed by atoms with Gasteiger partial charge in [-0.2, -0.15) is 0 Å². The number of benzene rings is 3. The van der Waals surface area contributed by atoms with Crippen molar-refractivity contribution >= 4 is 28.9 Å². The molecule has 55 heavy (non-hydrogen) atoms. The Morgan fingerprint density at radius 3 is 1.45 bits per heavy atom. The van der Waals surface area contributed by atoms with Crippen molar-refractivity contribution in [3.05, 3.63) is 100 Å². The van der Waals surface area contributed by atoms with E-state index in [1.54, 1.807) is 0 Å². The molecule has 7 N–H and O–H groups in total. The molecular weight excluding hydrogens is 697 g/mol. The van der Waals surface area contributed by atoms with E-state index in [-0.39, 0.29) is 17.8 Å². The highest BCUT2D eigenvalue weighted by molar-refractivity contribution is 5.77. The minimum absolute atomic E-state index is 0.109. The van der Waals surface area contributed by atoms with Gasteiger partial charge in [0.1, 0.15) is 5.82 Å². The lowest BCUT2D eigenvalue weighted by atomic mass is 9.86. The summed E-state index contributed by atoms with van der Waals surface area (Å²) in [6.45, 7) is 6.41. The Bertz CT molecular complexity index is 1870. The summed E-state index contributed by atoms with van der Waals surface area (Å²) in [7, 11) is 0. The minimum Gasteiger partial charge on any atom is -0.481 e. The van der Waals surface area contributed by atoms with Crippen molar-refractivity contribution in [2.24, 2.45) is 35.5 Å². The summed E-state index contributed by atoms with van der Waals surface area (Å²) in [5.74, 6) is -2.49. The molecule has 12 nitrogen and oxygen atoms in total. The second-order valence-electron chi connectivity index (χ2n) is 16.0. The fourth-order valence-electron chi connectivity index (χ4n) is 9.10. The minimum atomic E-state index is -0.761. The summed E-state index contributed by atoms with van der Waals surface area (Å²) >= 11 is 0. The number of rotatable bonds is 18. The van der Waals surface area contributed by atoms with Crippen molar-refractivity contribution in [2.75, 3.05) is 39.3 Å². The second kappa shape index (κ2) is 17.9. The molecule has 4 heterocycles. The predicted molar refractivity (Wildman–Crippen MR) is 209 cm³/mol. The van der Waals surface area contributed by atoms with Crippen LogP contribution < -0.4 is 16.0 Å². The molecule has 0 aliphatic carbocycles. The Morgan fingerprint density at radius 2 is 1.04 bits per heavy atom. The van der Waals surface area contributed by atoms with E-state index in [4.69, 9.17) is 4.98 Å². The predicted octanol–water partition coefficient (Wildman–Crippen LogP) is 4.32. The third-order valence-electron chi connectivity index (χ3n) is 12.1. The number of hydrogen-bond donors (Lipinski definition) is 7. The standard InChI is InChI=1S/C43H54N6O6/c50-41(51)35(32-9-12-44-21-32)17-27-3-1-5-30(15-27)24-49(25-31-6-2-4-28(16-31)18-36(42(52)53)33-10-13-45-22-33)26-40-47-38-8-7-29(20-39(38)48-40)19-37(43(54)55)34-11-14-46-23-34/h1-8,15-16,20,32-37,44-46H,9-14,17-19,21-26H2,(H,47,48)(H,50,51)(H,52,53)(H,54,55). The molecule has 0 amide bonds. The number of nitrogens with zero attached hydrogens (tertiary/aromatic N) is 2. The summed E-state index contributed by atoms with van der Waals surface area (Å²) in [4.78, 5) is 47.6. The molecule has 4 aromatic rings. The van der Waals surface area contributed by atoms with E-state index in [1.165, 1.54) is 0 Å². The van der Waals surface area contributed by atoms with Crippen molar-refractivity contribution in [2.45, 2.75) is 58.2 Å². The van der Waals surface area contributed by atoms with Gasteiger partial charge in [0.15, 0.2) is 0 Å². The van der Waals surface area contributed by atoms with Crippen LogP contribution in [0.3, 0.4) is 0 Å². The van der Waals surface area contributed by atoms with Crippen molar-refractivity contribution in [1.29, 1.82) is 0 Å². The van der Waals surface area contributed by atoms with Crippen LogP contribution in [0.15, 0.2) is 66.7 Å². The Balaban J connectivity index is 1.12. The van der Waals surface area contributed by atoms with Gasteiger partial charge in [-0.1, -0.05) is 54.6 Å². The normalized spacial score (nSPS) is 21.6. The first-order valence-electron chi connectivity index (χ1n) is 19.8. The van der Waals surface area contributed by atoms with Crippen LogP contribution in [0.2, 0.25) is 0 Å². The number of aromatic amines is 1. The van der Waals surface area contributed by atoms with Crippen LogP contribution in [-0.2, 0) is 53.3 Å². The molecule has 12 heteroatoms. The molecule has 3 fully saturated rings. The monoisotopic (exact) mass is 750 g/mol. The molecule has 6 atom stereocenters. The van der Waals surface area contributed by atoms with E-state index in [2.05, 4.69) is 50.1 Å². The first kappa shape index (κ1) is 38.6. The average Bonchev–Trinajstić information content (AvgIpc) is 4.00. The SMILES string of the molecule is O=C(O)C(Cc1cccc(CN(Cc2cccc(CC(C(=O)O)C3CCNC3)c2)Cc2nc3cc(CC(C(=O)O)C4CCNC4)ccc3[nH]2)c1)C1CCNC1. The van der Waals surface area contributed by atoms with Crippen LogP contribution in [0, 0.1) is 35.5 Å². The van der Waals surface area contributed by atoms with E-state index in [1.807, 2.05) is 42.5 Å². The number of H-pyrrole nitrogens is 1. The van der Waals surface area contributed by atoms with Gasteiger partial charge in [0.25, 0.3) is 0 Å². The zero-order valence-corrected chi connectivity index (χ0v) is 31.4. The number of aromatic nitrogens is 2.